The van der Waals surface area contributed by atoms with Crippen molar-refractivity contribution >= 4 is 16.6 Å². The first-order valence-corrected chi connectivity index (χ1v) is 16.2. The van der Waals surface area contributed by atoms with E-state index in [4.69, 9.17) is 13.6 Å². The average molecular weight is 425 g/mol. The fourth-order valence-corrected chi connectivity index (χ4v) is 5.23. The van der Waals surface area contributed by atoms with Crippen molar-refractivity contribution in [1.82, 2.24) is 0 Å². The maximum absolute atomic E-state index is 6.85. The lowest BCUT2D eigenvalue weighted by molar-refractivity contribution is 0.0917. The van der Waals surface area contributed by atoms with Gasteiger partial charge in [0.15, 0.2) is 8.32 Å². The van der Waals surface area contributed by atoms with Crippen LogP contribution >= 0.6 is 0 Å². The zero-order valence-electron chi connectivity index (χ0n) is 20.4. The van der Waals surface area contributed by atoms with Crippen LogP contribution in [0.4, 0.5) is 0 Å². The number of allylic oxidation sites excluding steroid dienone is 1. The largest absolute Gasteiger partial charge is 0.543 e. The van der Waals surface area contributed by atoms with Crippen LogP contribution in [0.2, 0.25) is 36.3 Å². The van der Waals surface area contributed by atoms with Gasteiger partial charge in [0, 0.05) is 11.0 Å². The molecule has 3 nitrogen and oxygen atoms in total. The summed E-state index contributed by atoms with van der Waals surface area (Å²) in [5.41, 5.74) is 0.669. The van der Waals surface area contributed by atoms with Crippen LogP contribution in [0.15, 0.2) is 36.3 Å². The van der Waals surface area contributed by atoms with Crippen LogP contribution in [0.25, 0.3) is 0 Å². The summed E-state index contributed by atoms with van der Waals surface area (Å²) in [4.78, 5) is 0. The second kappa shape index (κ2) is 8.15. The SMILES string of the molecule is C=C[C@@]1(C)/C(=C\OC)C(O[Si](C)(C)C(C)(C)C)=CC[C@@H]1O[Si](C)(C)C(C)(C)C. The van der Waals surface area contributed by atoms with Crippen molar-refractivity contribution in [3.05, 3.63) is 36.3 Å². The Morgan fingerprint density at radius 1 is 1.04 bits per heavy atom. The molecule has 0 aromatic heterocycles. The van der Waals surface area contributed by atoms with Gasteiger partial charge in [-0.05, 0) is 55.7 Å². The number of methoxy groups -OCH3 is 1. The molecule has 0 saturated carbocycles. The van der Waals surface area contributed by atoms with E-state index in [0.717, 1.165) is 17.8 Å². The van der Waals surface area contributed by atoms with E-state index in [0.29, 0.717) is 0 Å². The summed E-state index contributed by atoms with van der Waals surface area (Å²) in [7, 11) is -2.20. The molecule has 0 aromatic carbocycles. The van der Waals surface area contributed by atoms with Crippen molar-refractivity contribution in [3.8, 4) is 0 Å². The first-order chi connectivity index (χ1) is 12.4. The van der Waals surface area contributed by atoms with Gasteiger partial charge in [-0.2, -0.15) is 0 Å². The van der Waals surface area contributed by atoms with Gasteiger partial charge in [-0.15, -0.1) is 6.58 Å². The molecule has 0 aliphatic heterocycles. The van der Waals surface area contributed by atoms with Crippen molar-refractivity contribution in [2.24, 2.45) is 5.41 Å². The van der Waals surface area contributed by atoms with E-state index in [1.54, 1.807) is 7.11 Å². The molecular formula is C23H44O3Si2. The third-order valence-corrected chi connectivity index (χ3v) is 15.9. The quantitative estimate of drug-likeness (QED) is 0.252. The molecule has 1 rings (SSSR count). The molecule has 0 radical (unpaired) electrons. The van der Waals surface area contributed by atoms with Crippen LogP contribution in [-0.4, -0.2) is 29.8 Å². The molecule has 0 amide bonds. The first kappa shape index (κ1) is 25.3. The van der Waals surface area contributed by atoms with Crippen molar-refractivity contribution < 1.29 is 13.6 Å². The van der Waals surface area contributed by atoms with Crippen molar-refractivity contribution in [3.63, 3.8) is 0 Å². The topological polar surface area (TPSA) is 27.7 Å². The van der Waals surface area contributed by atoms with E-state index in [1.807, 2.05) is 12.3 Å². The van der Waals surface area contributed by atoms with E-state index in [1.165, 1.54) is 0 Å². The normalized spacial score (nSPS) is 26.1. The standard InChI is InChI=1S/C23H44O3Si2/c1-14-23(8)18(17-24-9)19(25-27(10,11)21(2,3)4)15-16-20(23)26-28(12,13)22(5,6)7/h14-15,17,20H,1,16H2,2-13H3/b18-17-/t20-,23-/m0/s1. The van der Waals surface area contributed by atoms with Crippen molar-refractivity contribution in [2.45, 2.75) is 97.3 Å². The maximum Gasteiger partial charge on any atom is 0.250 e. The molecule has 0 N–H and O–H groups in total. The summed E-state index contributed by atoms with van der Waals surface area (Å²) >= 11 is 0. The Bertz CT molecular complexity index is 633. The zero-order chi connectivity index (χ0) is 22.2. The van der Waals surface area contributed by atoms with Crippen molar-refractivity contribution in [1.29, 1.82) is 0 Å². The Labute approximate surface area is 176 Å². The van der Waals surface area contributed by atoms with Gasteiger partial charge < -0.3 is 13.6 Å². The fraction of sp³-hybridized carbons (Fsp3) is 0.739. The number of hydrogen-bond donors (Lipinski definition) is 0. The Kier molecular flexibility index (Phi) is 7.35. The van der Waals surface area contributed by atoms with Crippen molar-refractivity contribution in [2.75, 3.05) is 7.11 Å². The molecule has 162 valence electrons. The molecule has 0 heterocycles. The molecule has 0 aromatic rings. The maximum atomic E-state index is 6.85. The summed E-state index contributed by atoms with van der Waals surface area (Å²) < 4.78 is 19.1. The lowest BCUT2D eigenvalue weighted by Crippen LogP contribution is -2.50. The fourth-order valence-electron chi connectivity index (χ4n) is 2.78. The highest BCUT2D eigenvalue weighted by Gasteiger charge is 2.48. The molecule has 0 saturated heterocycles. The van der Waals surface area contributed by atoms with E-state index in [-0.39, 0.29) is 21.6 Å². The summed E-state index contributed by atoms with van der Waals surface area (Å²) in [6.07, 6.45) is 6.88. The lowest BCUT2D eigenvalue weighted by Gasteiger charge is -2.48. The molecule has 5 heteroatoms. The van der Waals surface area contributed by atoms with Gasteiger partial charge >= 0.3 is 0 Å². The van der Waals surface area contributed by atoms with Gasteiger partial charge in [0.2, 0.25) is 8.32 Å². The second-order valence-electron chi connectivity index (χ2n) is 11.3. The summed E-state index contributed by atoms with van der Waals surface area (Å²) in [6, 6.07) is 0. The van der Waals surface area contributed by atoms with E-state index in [9.17, 15) is 0 Å². The van der Waals surface area contributed by atoms with Crippen LogP contribution in [0.3, 0.4) is 0 Å². The predicted molar refractivity (Wildman–Crippen MR) is 126 cm³/mol. The lowest BCUT2D eigenvalue weighted by atomic mass is 9.72. The first-order valence-electron chi connectivity index (χ1n) is 10.4. The van der Waals surface area contributed by atoms with Gasteiger partial charge in [0.25, 0.3) is 0 Å². The summed E-state index contributed by atoms with van der Waals surface area (Å²) in [5.74, 6) is 0.936. The van der Waals surface area contributed by atoms with Crippen LogP contribution in [0.1, 0.15) is 54.9 Å². The van der Waals surface area contributed by atoms with E-state index < -0.39 is 16.6 Å². The molecule has 1 aliphatic rings. The molecule has 1 aliphatic carbocycles. The Morgan fingerprint density at radius 2 is 1.54 bits per heavy atom. The van der Waals surface area contributed by atoms with Crippen LogP contribution in [0, 0.1) is 5.41 Å². The molecule has 0 spiro atoms. The minimum Gasteiger partial charge on any atom is -0.543 e. The monoisotopic (exact) mass is 424 g/mol. The molecule has 2 atom stereocenters. The Hall–Kier alpha value is -0.786. The minimum atomic E-state index is -1.97. The number of ether oxygens (including phenoxy) is 1. The van der Waals surface area contributed by atoms with Gasteiger partial charge in [0.1, 0.15) is 5.76 Å². The predicted octanol–water partition coefficient (Wildman–Crippen LogP) is 7.41. The summed E-state index contributed by atoms with van der Waals surface area (Å²) in [6.45, 7) is 29.2. The minimum absolute atomic E-state index is 0.0269. The van der Waals surface area contributed by atoms with Crippen LogP contribution in [-0.2, 0) is 13.6 Å². The molecule has 0 fully saturated rings. The third kappa shape index (κ3) is 5.03. The number of hydrogen-bond acceptors (Lipinski definition) is 3. The van der Waals surface area contributed by atoms with Gasteiger partial charge in [-0.25, -0.2) is 0 Å². The average Bonchev–Trinajstić information content (AvgIpc) is 2.51. The Morgan fingerprint density at radius 3 is 1.93 bits per heavy atom. The molecule has 0 bridgehead atoms. The molecular weight excluding hydrogens is 380 g/mol. The second-order valence-corrected chi connectivity index (χ2v) is 20.8. The molecule has 0 unspecified atom stereocenters. The van der Waals surface area contributed by atoms with Gasteiger partial charge in [-0.1, -0.05) is 47.6 Å². The van der Waals surface area contributed by atoms with Gasteiger partial charge in [-0.3, -0.25) is 0 Å². The van der Waals surface area contributed by atoms with Crippen LogP contribution < -0.4 is 0 Å². The smallest absolute Gasteiger partial charge is 0.250 e. The highest BCUT2D eigenvalue weighted by molar-refractivity contribution is 6.74. The van der Waals surface area contributed by atoms with Gasteiger partial charge in [0.05, 0.1) is 19.5 Å². The highest BCUT2D eigenvalue weighted by atomic mass is 28.4. The number of rotatable bonds is 6. The van der Waals surface area contributed by atoms with Crippen LogP contribution in [0.5, 0.6) is 0 Å². The Balaban J connectivity index is 3.39. The molecule has 28 heavy (non-hydrogen) atoms. The van der Waals surface area contributed by atoms with E-state index >= 15 is 0 Å². The van der Waals surface area contributed by atoms with E-state index in [2.05, 4.69) is 87.3 Å². The highest BCUT2D eigenvalue weighted by Crippen LogP contribution is 2.49. The zero-order valence-corrected chi connectivity index (χ0v) is 22.4. The summed E-state index contributed by atoms with van der Waals surface area (Å²) in [5, 5.41) is 0.285. The third-order valence-electron chi connectivity index (χ3n) is 7.11.